The van der Waals surface area contributed by atoms with Crippen LogP contribution in [0.2, 0.25) is 0 Å². The van der Waals surface area contributed by atoms with Gasteiger partial charge < -0.3 is 5.32 Å². The third-order valence-electron chi connectivity index (χ3n) is 3.01. The van der Waals surface area contributed by atoms with Crippen molar-refractivity contribution in [2.45, 2.75) is 17.2 Å². The molecule has 11 heteroatoms. The van der Waals surface area contributed by atoms with Gasteiger partial charge in [-0.05, 0) is 17.5 Å². The van der Waals surface area contributed by atoms with Crippen LogP contribution in [0.4, 0.5) is 0 Å². The lowest BCUT2D eigenvalue weighted by Crippen LogP contribution is -2.30. The van der Waals surface area contributed by atoms with Gasteiger partial charge in [0.15, 0.2) is 5.82 Å². The van der Waals surface area contributed by atoms with Crippen LogP contribution < -0.4 is 10.0 Å². The van der Waals surface area contributed by atoms with E-state index in [0.29, 0.717) is 11.6 Å². The highest BCUT2D eigenvalue weighted by Crippen LogP contribution is 2.14. The maximum absolute atomic E-state index is 11.9. The zero-order chi connectivity index (χ0) is 17.0. The summed E-state index contributed by atoms with van der Waals surface area (Å²) in [7, 11) is -3.54. The van der Waals surface area contributed by atoms with Gasteiger partial charge in [0, 0.05) is 25.4 Å². The van der Waals surface area contributed by atoms with Crippen molar-refractivity contribution in [3.63, 3.8) is 0 Å². The second-order valence-corrected chi connectivity index (χ2v) is 7.69. The van der Waals surface area contributed by atoms with Crippen LogP contribution in [-0.4, -0.2) is 40.5 Å². The van der Waals surface area contributed by atoms with E-state index in [1.807, 2.05) is 0 Å². The molecule has 0 radical (unpaired) electrons. The third kappa shape index (κ3) is 3.93. The first-order valence-electron chi connectivity index (χ1n) is 7.01. The van der Waals surface area contributed by atoms with Gasteiger partial charge in [-0.3, -0.25) is 4.79 Å². The standard InChI is InChI=1S/C13H14N6O3S2/c20-11(4-6-16-24(21,22)12-3-1-8-23-12)15-9-10-17-13-14-5-2-7-19(13)18-10/h1-3,5,7-8,16H,4,6,9H2,(H,15,20). The zero-order valence-electron chi connectivity index (χ0n) is 12.4. The first-order chi connectivity index (χ1) is 11.5. The van der Waals surface area contributed by atoms with Gasteiger partial charge in [0.2, 0.25) is 15.9 Å². The number of aromatic nitrogens is 4. The second-order valence-electron chi connectivity index (χ2n) is 4.75. The van der Waals surface area contributed by atoms with Crippen molar-refractivity contribution in [1.82, 2.24) is 29.6 Å². The summed E-state index contributed by atoms with van der Waals surface area (Å²) < 4.78 is 27.9. The Hall–Kier alpha value is -2.37. The van der Waals surface area contributed by atoms with Crippen molar-refractivity contribution >= 4 is 33.0 Å². The number of carbonyl (C=O) groups excluding carboxylic acids is 1. The molecule has 24 heavy (non-hydrogen) atoms. The highest BCUT2D eigenvalue weighted by molar-refractivity contribution is 7.91. The average Bonchev–Trinajstić information content (AvgIpc) is 3.22. The predicted octanol–water partition coefficient (Wildman–Crippen LogP) is 0.171. The van der Waals surface area contributed by atoms with Crippen molar-refractivity contribution in [2.24, 2.45) is 0 Å². The molecule has 3 rings (SSSR count). The van der Waals surface area contributed by atoms with Crippen LogP contribution in [-0.2, 0) is 21.4 Å². The minimum atomic E-state index is -3.54. The summed E-state index contributed by atoms with van der Waals surface area (Å²) in [6, 6.07) is 4.89. The molecule has 3 aromatic rings. The normalized spacial score (nSPS) is 11.7. The van der Waals surface area contributed by atoms with Crippen molar-refractivity contribution in [3.8, 4) is 0 Å². The van der Waals surface area contributed by atoms with Gasteiger partial charge >= 0.3 is 0 Å². The lowest BCUT2D eigenvalue weighted by Gasteiger charge is -2.05. The fourth-order valence-electron chi connectivity index (χ4n) is 1.90. The minimum Gasteiger partial charge on any atom is -0.349 e. The molecule has 0 unspecified atom stereocenters. The zero-order valence-corrected chi connectivity index (χ0v) is 14.0. The number of fused-ring (bicyclic) bond motifs is 1. The summed E-state index contributed by atoms with van der Waals surface area (Å²) in [5.41, 5.74) is 0. The molecule has 0 bridgehead atoms. The van der Waals surface area contributed by atoms with E-state index in [1.54, 1.807) is 29.9 Å². The first kappa shape index (κ1) is 16.5. The van der Waals surface area contributed by atoms with Gasteiger partial charge in [-0.25, -0.2) is 22.6 Å². The highest BCUT2D eigenvalue weighted by atomic mass is 32.2. The third-order valence-corrected chi connectivity index (χ3v) is 5.87. The van der Waals surface area contributed by atoms with E-state index in [2.05, 4.69) is 25.1 Å². The molecular weight excluding hydrogens is 352 g/mol. The molecule has 0 saturated carbocycles. The van der Waals surface area contributed by atoms with Gasteiger partial charge in [-0.15, -0.1) is 16.4 Å². The van der Waals surface area contributed by atoms with Crippen LogP contribution in [0.3, 0.4) is 0 Å². The molecule has 0 aliphatic heterocycles. The van der Waals surface area contributed by atoms with Crippen LogP contribution in [0.5, 0.6) is 0 Å². The molecule has 0 aliphatic carbocycles. The molecule has 1 amide bonds. The van der Waals surface area contributed by atoms with Crippen LogP contribution >= 0.6 is 11.3 Å². The number of rotatable bonds is 7. The monoisotopic (exact) mass is 366 g/mol. The van der Waals surface area contributed by atoms with Crippen molar-refractivity contribution < 1.29 is 13.2 Å². The quantitative estimate of drug-likeness (QED) is 0.615. The van der Waals surface area contributed by atoms with Gasteiger partial charge in [-0.2, -0.15) is 4.98 Å². The van der Waals surface area contributed by atoms with Crippen LogP contribution in [0.1, 0.15) is 12.2 Å². The Kier molecular flexibility index (Phi) is 4.83. The van der Waals surface area contributed by atoms with E-state index in [0.717, 1.165) is 11.3 Å². The molecule has 126 valence electrons. The second kappa shape index (κ2) is 7.03. The molecule has 0 fully saturated rings. The number of carbonyl (C=O) groups is 1. The Morgan fingerprint density at radius 1 is 1.33 bits per heavy atom. The summed E-state index contributed by atoms with van der Waals surface area (Å²) >= 11 is 1.12. The van der Waals surface area contributed by atoms with Crippen LogP contribution in [0.25, 0.3) is 5.78 Å². The number of thiophene rings is 1. The lowest BCUT2D eigenvalue weighted by molar-refractivity contribution is -0.121. The Balaban J connectivity index is 1.46. The average molecular weight is 366 g/mol. The van der Waals surface area contributed by atoms with E-state index in [9.17, 15) is 13.2 Å². The van der Waals surface area contributed by atoms with Crippen molar-refractivity contribution in [1.29, 1.82) is 0 Å². The van der Waals surface area contributed by atoms with Gasteiger partial charge in [0.25, 0.3) is 5.78 Å². The smallest absolute Gasteiger partial charge is 0.252 e. The summed E-state index contributed by atoms with van der Waals surface area (Å²) in [4.78, 5) is 20.0. The molecule has 2 N–H and O–H groups in total. The Labute approximate surface area is 141 Å². The van der Waals surface area contributed by atoms with E-state index < -0.39 is 10.0 Å². The molecule has 0 atom stereocenters. The molecule has 3 heterocycles. The number of hydrogen-bond donors (Lipinski definition) is 2. The molecule has 0 aliphatic rings. The largest absolute Gasteiger partial charge is 0.349 e. The van der Waals surface area contributed by atoms with Crippen molar-refractivity contribution in [3.05, 3.63) is 41.8 Å². The Morgan fingerprint density at radius 3 is 2.96 bits per heavy atom. The van der Waals surface area contributed by atoms with E-state index in [1.165, 1.54) is 10.6 Å². The maximum atomic E-state index is 11.9. The van der Waals surface area contributed by atoms with Crippen LogP contribution in [0.15, 0.2) is 40.2 Å². The van der Waals surface area contributed by atoms with Gasteiger partial charge in [-0.1, -0.05) is 6.07 Å². The highest BCUT2D eigenvalue weighted by Gasteiger charge is 2.15. The van der Waals surface area contributed by atoms with Gasteiger partial charge in [0.1, 0.15) is 4.21 Å². The lowest BCUT2D eigenvalue weighted by atomic mass is 10.4. The summed E-state index contributed by atoms with van der Waals surface area (Å²) in [6.07, 6.45) is 3.34. The molecule has 0 spiro atoms. The van der Waals surface area contributed by atoms with Gasteiger partial charge in [0.05, 0.1) is 6.54 Å². The number of amides is 1. The SMILES string of the molecule is O=C(CCNS(=O)(=O)c1cccs1)NCc1nc2ncccn2n1. The van der Waals surface area contributed by atoms with E-state index >= 15 is 0 Å². The fraction of sp³-hybridized carbons (Fsp3) is 0.231. The maximum Gasteiger partial charge on any atom is 0.252 e. The summed E-state index contributed by atoms with van der Waals surface area (Å²) in [5, 5.41) is 8.48. The topological polar surface area (TPSA) is 118 Å². The fourth-order valence-corrected chi connectivity index (χ4v) is 3.97. The minimum absolute atomic E-state index is 0.0201. The number of nitrogens with one attached hydrogen (secondary N) is 2. The van der Waals surface area contributed by atoms with E-state index in [-0.39, 0.29) is 29.6 Å². The number of sulfonamides is 1. The summed E-state index contributed by atoms with van der Waals surface area (Å²) in [6.45, 7) is 0.173. The molecule has 0 aromatic carbocycles. The summed E-state index contributed by atoms with van der Waals surface area (Å²) in [5.74, 6) is 0.586. The molecule has 3 aromatic heterocycles. The Bertz CT molecular complexity index is 903. The van der Waals surface area contributed by atoms with Crippen LogP contribution in [0, 0.1) is 0 Å². The molecule has 0 saturated heterocycles. The Morgan fingerprint density at radius 2 is 2.21 bits per heavy atom. The number of hydrogen-bond acceptors (Lipinski definition) is 7. The first-order valence-corrected chi connectivity index (χ1v) is 9.37. The number of nitrogens with zero attached hydrogens (tertiary/aromatic N) is 4. The molecular formula is C13H14N6O3S2. The molecule has 9 nitrogen and oxygen atoms in total. The predicted molar refractivity (Wildman–Crippen MR) is 86.8 cm³/mol. The van der Waals surface area contributed by atoms with Crippen molar-refractivity contribution in [2.75, 3.05) is 6.54 Å². The van der Waals surface area contributed by atoms with E-state index in [4.69, 9.17) is 0 Å².